The molecule has 16 heavy (non-hydrogen) atoms. The van der Waals surface area contributed by atoms with Gasteiger partial charge in [0.25, 0.3) is 0 Å². The van der Waals surface area contributed by atoms with Gasteiger partial charge in [0, 0.05) is 12.5 Å². The van der Waals surface area contributed by atoms with E-state index < -0.39 is 0 Å². The van der Waals surface area contributed by atoms with Gasteiger partial charge in [-0.25, -0.2) is 4.68 Å². The first-order valence-electron chi connectivity index (χ1n) is 5.09. The summed E-state index contributed by atoms with van der Waals surface area (Å²) in [6, 6.07) is 5.70. The average molecular weight is 216 g/mol. The lowest BCUT2D eigenvalue weighted by molar-refractivity contribution is 0.0308. The van der Waals surface area contributed by atoms with Crippen LogP contribution in [0.15, 0.2) is 24.4 Å². The summed E-state index contributed by atoms with van der Waals surface area (Å²) >= 11 is 0. The van der Waals surface area contributed by atoms with Gasteiger partial charge in [0.05, 0.1) is 24.9 Å². The highest BCUT2D eigenvalue weighted by Crippen LogP contribution is 2.11. The predicted octanol–water partition coefficient (Wildman–Crippen LogP) is 0.451. The molecule has 1 aromatic carbocycles. The van der Waals surface area contributed by atoms with Gasteiger partial charge >= 0.3 is 0 Å². The molecule has 2 rings (SSSR count). The summed E-state index contributed by atoms with van der Waals surface area (Å²) in [6.07, 6.45) is 1.78. The van der Waals surface area contributed by atoms with Crippen molar-refractivity contribution in [1.29, 1.82) is 0 Å². The molecule has 0 atom stereocenters. The minimum Gasteiger partial charge on any atom is -0.382 e. The summed E-state index contributed by atoms with van der Waals surface area (Å²) in [6.45, 7) is 1.58. The van der Waals surface area contributed by atoms with Crippen LogP contribution in [0.3, 0.4) is 0 Å². The molecule has 1 heterocycles. The van der Waals surface area contributed by atoms with Gasteiger partial charge < -0.3 is 9.47 Å². The fourth-order valence-corrected chi connectivity index (χ4v) is 1.50. The maximum atomic E-state index is 5.69. The van der Waals surface area contributed by atoms with Crippen molar-refractivity contribution in [2.75, 3.05) is 20.3 Å². The van der Waals surface area contributed by atoms with Crippen molar-refractivity contribution in [3.63, 3.8) is 0 Å². The molecule has 4 nitrogen and oxygen atoms in total. The summed E-state index contributed by atoms with van der Waals surface area (Å²) in [5.41, 5.74) is 1.76. The molecule has 0 N–H and O–H groups in total. The lowest BCUT2D eigenvalue weighted by Gasteiger charge is -2.05. The third-order valence-electron chi connectivity index (χ3n) is 2.31. The molecule has 0 saturated carbocycles. The summed E-state index contributed by atoms with van der Waals surface area (Å²) in [7, 11) is 7.34. The Morgan fingerprint density at radius 1 is 1.38 bits per heavy atom. The Morgan fingerprint density at radius 2 is 2.25 bits per heavy atom. The van der Waals surface area contributed by atoms with Crippen LogP contribution < -0.4 is 5.46 Å². The summed E-state index contributed by atoms with van der Waals surface area (Å²) in [5, 5.41) is 5.25. The Morgan fingerprint density at radius 3 is 3.06 bits per heavy atom. The highest BCUT2D eigenvalue weighted by atomic mass is 16.5. The topological polar surface area (TPSA) is 36.3 Å². The number of hydrogen-bond acceptors (Lipinski definition) is 3. The van der Waals surface area contributed by atoms with Crippen LogP contribution in [0.5, 0.6) is 0 Å². The zero-order valence-corrected chi connectivity index (χ0v) is 9.22. The number of ether oxygens (including phenoxy) is 2. The largest absolute Gasteiger partial charge is 0.382 e. The summed E-state index contributed by atoms with van der Waals surface area (Å²) in [4.78, 5) is 0. The maximum absolute atomic E-state index is 5.69. The molecule has 0 aliphatic carbocycles. The second kappa shape index (κ2) is 5.14. The Balaban J connectivity index is 2.07. The first-order valence-corrected chi connectivity index (χ1v) is 5.09. The van der Waals surface area contributed by atoms with E-state index in [2.05, 4.69) is 5.10 Å². The summed E-state index contributed by atoms with van der Waals surface area (Å²) < 4.78 is 12.1. The van der Waals surface area contributed by atoms with Crippen molar-refractivity contribution in [3.8, 4) is 0 Å². The number of rotatable bonds is 5. The molecule has 0 bridgehead atoms. The van der Waals surface area contributed by atoms with Gasteiger partial charge in [0.15, 0.2) is 0 Å². The average Bonchev–Trinajstić information content (AvgIpc) is 2.67. The van der Waals surface area contributed by atoms with E-state index in [4.69, 9.17) is 17.3 Å². The normalized spacial score (nSPS) is 11.1. The first kappa shape index (κ1) is 11.2. The van der Waals surface area contributed by atoms with E-state index in [1.807, 2.05) is 18.2 Å². The Labute approximate surface area is 95.6 Å². The maximum Gasteiger partial charge on any atom is 0.140 e. The molecule has 0 amide bonds. The van der Waals surface area contributed by atoms with Crippen LogP contribution in [0.4, 0.5) is 0 Å². The molecule has 5 heteroatoms. The van der Waals surface area contributed by atoms with E-state index >= 15 is 0 Å². The highest BCUT2D eigenvalue weighted by molar-refractivity contribution is 6.33. The molecule has 2 aromatic rings. The van der Waals surface area contributed by atoms with E-state index in [0.29, 0.717) is 19.9 Å². The molecule has 0 saturated heterocycles. The van der Waals surface area contributed by atoms with Crippen molar-refractivity contribution < 1.29 is 9.47 Å². The van der Waals surface area contributed by atoms with E-state index in [1.54, 1.807) is 18.0 Å². The minimum atomic E-state index is 0.427. The fraction of sp³-hybridized carbons (Fsp3) is 0.364. The van der Waals surface area contributed by atoms with Crippen LogP contribution in [0.25, 0.3) is 10.9 Å². The van der Waals surface area contributed by atoms with Crippen LogP contribution in [0, 0.1) is 0 Å². The van der Waals surface area contributed by atoms with Crippen molar-refractivity contribution in [1.82, 2.24) is 9.78 Å². The van der Waals surface area contributed by atoms with E-state index in [-0.39, 0.29) is 0 Å². The van der Waals surface area contributed by atoms with Crippen LogP contribution in [0.2, 0.25) is 0 Å². The Kier molecular flexibility index (Phi) is 3.59. The van der Waals surface area contributed by atoms with Gasteiger partial charge in [-0.15, -0.1) is 0 Å². The van der Waals surface area contributed by atoms with Crippen LogP contribution >= 0.6 is 0 Å². The van der Waals surface area contributed by atoms with Gasteiger partial charge in [-0.3, -0.25) is 0 Å². The molecule has 0 fully saturated rings. The first-order chi connectivity index (χ1) is 7.81. The Hall–Kier alpha value is -1.33. The smallest absolute Gasteiger partial charge is 0.140 e. The van der Waals surface area contributed by atoms with E-state index in [0.717, 1.165) is 16.4 Å². The van der Waals surface area contributed by atoms with Gasteiger partial charge in [-0.1, -0.05) is 17.6 Å². The molecule has 82 valence electrons. The monoisotopic (exact) mass is 216 g/mol. The fourth-order valence-electron chi connectivity index (χ4n) is 1.50. The van der Waals surface area contributed by atoms with Crippen molar-refractivity contribution >= 4 is 24.2 Å². The molecule has 0 unspecified atom stereocenters. The standard InChI is InChI=1S/C11H13BN2O2/c1-15-4-5-16-8-14-11-3-2-10(12)6-9(11)7-13-14/h2-3,6-7H,4-5,8H2,1H3. The van der Waals surface area contributed by atoms with Gasteiger partial charge in [0.1, 0.15) is 14.6 Å². The zero-order valence-electron chi connectivity index (χ0n) is 9.22. The lowest BCUT2D eigenvalue weighted by atomic mass is 9.95. The number of aromatic nitrogens is 2. The number of hydrogen-bond donors (Lipinski definition) is 0. The Bertz CT molecular complexity index is 470. The molecular weight excluding hydrogens is 203 g/mol. The SMILES string of the molecule is [B]c1ccc2c(cnn2COCCOC)c1. The lowest BCUT2D eigenvalue weighted by Crippen LogP contribution is -2.08. The van der Waals surface area contributed by atoms with Crippen molar-refractivity contribution in [3.05, 3.63) is 24.4 Å². The molecule has 0 aliphatic rings. The second-order valence-electron chi connectivity index (χ2n) is 3.49. The molecular formula is C11H13BN2O2. The number of nitrogens with zero attached hydrogens (tertiary/aromatic N) is 2. The van der Waals surface area contributed by atoms with Gasteiger partial charge in [-0.05, 0) is 6.07 Å². The summed E-state index contributed by atoms with van der Waals surface area (Å²) in [5.74, 6) is 0. The van der Waals surface area contributed by atoms with Crippen molar-refractivity contribution in [2.45, 2.75) is 6.73 Å². The molecule has 1 aromatic heterocycles. The number of fused-ring (bicyclic) bond motifs is 1. The van der Waals surface area contributed by atoms with Crippen LogP contribution in [0.1, 0.15) is 0 Å². The van der Waals surface area contributed by atoms with E-state index in [9.17, 15) is 0 Å². The number of benzene rings is 1. The highest BCUT2D eigenvalue weighted by Gasteiger charge is 2.01. The molecule has 2 radical (unpaired) electrons. The van der Waals surface area contributed by atoms with Crippen molar-refractivity contribution in [2.24, 2.45) is 0 Å². The zero-order chi connectivity index (χ0) is 11.4. The van der Waals surface area contributed by atoms with E-state index in [1.165, 1.54) is 0 Å². The van der Waals surface area contributed by atoms with Gasteiger partial charge in [-0.2, -0.15) is 5.10 Å². The van der Waals surface area contributed by atoms with Gasteiger partial charge in [0.2, 0.25) is 0 Å². The second-order valence-corrected chi connectivity index (χ2v) is 3.49. The molecule has 0 spiro atoms. The van der Waals surface area contributed by atoms with Crippen LogP contribution in [-0.2, 0) is 16.2 Å². The predicted molar refractivity (Wildman–Crippen MR) is 62.9 cm³/mol. The molecule has 0 aliphatic heterocycles. The van der Waals surface area contributed by atoms with Crippen LogP contribution in [-0.4, -0.2) is 38.0 Å². The number of methoxy groups -OCH3 is 1. The quantitative estimate of drug-likeness (QED) is 0.537. The third-order valence-corrected chi connectivity index (χ3v) is 2.31. The third kappa shape index (κ3) is 2.43. The minimum absolute atomic E-state index is 0.427.